The van der Waals surface area contributed by atoms with E-state index in [9.17, 15) is 12.8 Å². The van der Waals surface area contributed by atoms with E-state index in [-0.39, 0.29) is 15.6 Å². The zero-order valence-corrected chi connectivity index (χ0v) is 22.9. The number of aromatic nitrogens is 2. The van der Waals surface area contributed by atoms with Crippen molar-refractivity contribution in [2.45, 2.75) is 42.2 Å². The van der Waals surface area contributed by atoms with Gasteiger partial charge in [0.05, 0.1) is 21.6 Å². The van der Waals surface area contributed by atoms with E-state index in [2.05, 4.69) is 24.6 Å². The summed E-state index contributed by atoms with van der Waals surface area (Å²) in [4.78, 5) is 4.82. The molecule has 0 amide bonds. The first-order chi connectivity index (χ1) is 17.6. The van der Waals surface area contributed by atoms with E-state index in [0.717, 1.165) is 33.5 Å². The van der Waals surface area contributed by atoms with Crippen molar-refractivity contribution in [3.63, 3.8) is 0 Å². The summed E-state index contributed by atoms with van der Waals surface area (Å²) in [5.41, 5.74) is 2.99. The topological polar surface area (TPSA) is 61.2 Å². The zero-order valence-electron chi connectivity index (χ0n) is 21.1. The van der Waals surface area contributed by atoms with Crippen LogP contribution in [0.2, 0.25) is 25.7 Å². The standard InChI is InChI=1S/C29H29FN2O3SSi/c1-37(2,3)16-15-35-20-32-19-31-29-27(32)5-4-6-28(29)36(33,34)26-14-11-23-17-22(7-8-24(23)18-26)21-9-12-25(30)13-10-21/h4-14,17-19H,15-16,20H2,1-3H3. The monoisotopic (exact) mass is 532 g/mol. The highest BCUT2D eigenvalue weighted by atomic mass is 32.2. The molecular formula is C29H29FN2O3SSi. The van der Waals surface area contributed by atoms with Crippen LogP contribution in [0, 0.1) is 5.82 Å². The predicted molar refractivity (Wildman–Crippen MR) is 149 cm³/mol. The molecule has 0 atom stereocenters. The Morgan fingerprint density at radius 3 is 2.35 bits per heavy atom. The Morgan fingerprint density at radius 1 is 0.892 bits per heavy atom. The maximum Gasteiger partial charge on any atom is 0.208 e. The van der Waals surface area contributed by atoms with Crippen molar-refractivity contribution in [2.75, 3.05) is 6.61 Å². The maximum absolute atomic E-state index is 13.7. The first-order valence-corrected chi connectivity index (χ1v) is 17.4. The van der Waals surface area contributed by atoms with Gasteiger partial charge in [-0.2, -0.15) is 0 Å². The molecule has 1 heterocycles. The summed E-state index contributed by atoms with van der Waals surface area (Å²) >= 11 is 0. The number of hydrogen-bond donors (Lipinski definition) is 0. The van der Waals surface area contributed by atoms with E-state index >= 15 is 0 Å². The molecule has 37 heavy (non-hydrogen) atoms. The lowest BCUT2D eigenvalue weighted by atomic mass is 10.0. The van der Waals surface area contributed by atoms with Gasteiger partial charge in [-0.25, -0.2) is 17.8 Å². The molecular weight excluding hydrogens is 503 g/mol. The number of imidazole rings is 1. The molecule has 0 unspecified atom stereocenters. The molecule has 0 aliphatic carbocycles. The van der Waals surface area contributed by atoms with Crippen molar-refractivity contribution < 1.29 is 17.5 Å². The van der Waals surface area contributed by atoms with E-state index in [1.54, 1.807) is 48.8 Å². The quantitative estimate of drug-likeness (QED) is 0.157. The van der Waals surface area contributed by atoms with Crippen molar-refractivity contribution in [3.05, 3.63) is 91.0 Å². The average Bonchev–Trinajstić information content (AvgIpc) is 3.29. The zero-order chi connectivity index (χ0) is 26.2. The van der Waals surface area contributed by atoms with Crippen LogP contribution in [0.5, 0.6) is 0 Å². The minimum Gasteiger partial charge on any atom is -0.361 e. The lowest BCUT2D eigenvalue weighted by Crippen LogP contribution is -2.21. The fourth-order valence-corrected chi connectivity index (χ4v) is 6.47. The molecule has 0 aliphatic heterocycles. The highest BCUT2D eigenvalue weighted by Crippen LogP contribution is 2.31. The summed E-state index contributed by atoms with van der Waals surface area (Å²) in [7, 11) is -5.00. The Morgan fingerprint density at radius 2 is 1.59 bits per heavy atom. The minimum absolute atomic E-state index is 0.174. The highest BCUT2D eigenvalue weighted by molar-refractivity contribution is 7.91. The summed E-state index contributed by atoms with van der Waals surface area (Å²) in [6.07, 6.45) is 1.63. The number of para-hydroxylation sites is 1. The molecule has 1 aromatic heterocycles. The van der Waals surface area contributed by atoms with Gasteiger partial charge in [-0.15, -0.1) is 0 Å². The third kappa shape index (κ3) is 5.37. The first kappa shape index (κ1) is 25.3. The van der Waals surface area contributed by atoms with Crippen LogP contribution in [0.3, 0.4) is 0 Å². The van der Waals surface area contributed by atoms with Gasteiger partial charge in [0.25, 0.3) is 0 Å². The number of halogens is 1. The molecule has 0 saturated heterocycles. The second kappa shape index (κ2) is 9.85. The van der Waals surface area contributed by atoms with E-state index in [1.807, 2.05) is 28.8 Å². The molecule has 0 spiro atoms. The van der Waals surface area contributed by atoms with Crippen LogP contribution < -0.4 is 0 Å². The summed E-state index contributed by atoms with van der Waals surface area (Å²) in [5.74, 6) is -0.284. The van der Waals surface area contributed by atoms with Gasteiger partial charge in [0.2, 0.25) is 9.84 Å². The number of rotatable bonds is 8. The third-order valence-electron chi connectivity index (χ3n) is 6.43. The number of fused-ring (bicyclic) bond motifs is 2. The second-order valence-corrected chi connectivity index (χ2v) is 18.0. The van der Waals surface area contributed by atoms with E-state index in [4.69, 9.17) is 4.74 Å². The van der Waals surface area contributed by atoms with E-state index < -0.39 is 17.9 Å². The number of sulfone groups is 1. The normalized spacial score (nSPS) is 12.4. The maximum atomic E-state index is 13.7. The Hall–Kier alpha value is -3.33. The minimum atomic E-state index is -3.81. The number of ether oxygens (including phenoxy) is 1. The molecule has 5 rings (SSSR count). The molecule has 190 valence electrons. The predicted octanol–water partition coefficient (Wildman–Crippen LogP) is 7.14. The fourth-order valence-electron chi connectivity index (χ4n) is 4.26. The van der Waals surface area contributed by atoms with Gasteiger partial charge in [0.15, 0.2) is 0 Å². The van der Waals surface area contributed by atoms with Gasteiger partial charge in [0.1, 0.15) is 18.1 Å². The average molecular weight is 533 g/mol. The smallest absolute Gasteiger partial charge is 0.208 e. The van der Waals surface area contributed by atoms with Crippen molar-refractivity contribution in [1.82, 2.24) is 9.55 Å². The van der Waals surface area contributed by atoms with Crippen LogP contribution in [0.4, 0.5) is 4.39 Å². The molecule has 0 bridgehead atoms. The van der Waals surface area contributed by atoms with Crippen LogP contribution >= 0.6 is 0 Å². The van der Waals surface area contributed by atoms with Crippen LogP contribution in [-0.4, -0.2) is 32.6 Å². The number of hydrogen-bond acceptors (Lipinski definition) is 4. The molecule has 0 aliphatic rings. The summed E-state index contributed by atoms with van der Waals surface area (Å²) < 4.78 is 48.4. The van der Waals surface area contributed by atoms with Crippen molar-refractivity contribution in [2.24, 2.45) is 0 Å². The third-order valence-corrected chi connectivity index (χ3v) is 9.92. The van der Waals surface area contributed by atoms with Gasteiger partial charge in [-0.1, -0.05) is 56.0 Å². The molecule has 0 saturated carbocycles. The molecule has 5 aromatic rings. The van der Waals surface area contributed by atoms with Gasteiger partial charge >= 0.3 is 0 Å². The molecule has 0 radical (unpaired) electrons. The lowest BCUT2D eigenvalue weighted by Gasteiger charge is -2.15. The summed E-state index contributed by atoms with van der Waals surface area (Å²) in [5, 5.41) is 1.71. The van der Waals surface area contributed by atoms with Crippen LogP contribution in [0.1, 0.15) is 0 Å². The molecule has 4 aromatic carbocycles. The van der Waals surface area contributed by atoms with Gasteiger partial charge in [0, 0.05) is 14.7 Å². The van der Waals surface area contributed by atoms with Gasteiger partial charge in [-0.3, -0.25) is 0 Å². The van der Waals surface area contributed by atoms with Gasteiger partial charge < -0.3 is 9.30 Å². The molecule has 0 fully saturated rings. The molecule has 8 heteroatoms. The SMILES string of the molecule is C[Si](C)(C)CCOCn1cnc2c(S(=O)(=O)c3ccc4cc(-c5ccc(F)cc5)ccc4c3)cccc21. The lowest BCUT2D eigenvalue weighted by molar-refractivity contribution is 0.0898. The second-order valence-electron chi connectivity index (χ2n) is 10.4. The Balaban J connectivity index is 1.44. The van der Waals surface area contributed by atoms with Crippen LogP contribution in [-0.2, 0) is 21.3 Å². The molecule has 0 N–H and O–H groups in total. The highest BCUT2D eigenvalue weighted by Gasteiger charge is 2.23. The van der Waals surface area contributed by atoms with Crippen molar-refractivity contribution in [3.8, 4) is 11.1 Å². The van der Waals surface area contributed by atoms with Crippen molar-refractivity contribution in [1.29, 1.82) is 0 Å². The largest absolute Gasteiger partial charge is 0.361 e. The Bertz CT molecular complexity index is 1690. The number of benzene rings is 4. The van der Waals surface area contributed by atoms with E-state index in [0.29, 0.717) is 18.9 Å². The number of nitrogens with zero attached hydrogens (tertiary/aromatic N) is 2. The van der Waals surface area contributed by atoms with E-state index in [1.165, 1.54) is 12.1 Å². The summed E-state index contributed by atoms with van der Waals surface area (Å²) in [6, 6.07) is 23.5. The first-order valence-electron chi connectivity index (χ1n) is 12.2. The van der Waals surface area contributed by atoms with Crippen LogP contribution in [0.25, 0.3) is 32.9 Å². The van der Waals surface area contributed by atoms with Gasteiger partial charge in [-0.05, 0) is 70.4 Å². The molecule has 5 nitrogen and oxygen atoms in total. The van der Waals surface area contributed by atoms with Crippen molar-refractivity contribution >= 4 is 39.7 Å². The Kier molecular flexibility index (Phi) is 6.74. The fraction of sp³-hybridized carbons (Fsp3) is 0.207. The Labute approximate surface area is 217 Å². The summed E-state index contributed by atoms with van der Waals surface area (Å²) in [6.45, 7) is 7.91. The van der Waals surface area contributed by atoms with Crippen LogP contribution in [0.15, 0.2) is 95.0 Å².